The van der Waals surface area contributed by atoms with Crippen molar-refractivity contribution >= 4 is 40.1 Å². The van der Waals surface area contributed by atoms with Gasteiger partial charge < -0.3 is 24.8 Å². The number of pyridine rings is 1. The summed E-state index contributed by atoms with van der Waals surface area (Å²) in [7, 11) is 0. The molecule has 2 aromatic heterocycles. The van der Waals surface area contributed by atoms with E-state index in [-0.39, 0.29) is 19.1 Å². The molecule has 2 saturated heterocycles. The maximum Gasteiger partial charge on any atom is 0.413 e. The molecule has 12 heteroatoms. The highest BCUT2D eigenvalue weighted by Crippen LogP contribution is 2.38. The van der Waals surface area contributed by atoms with Gasteiger partial charge in [0.1, 0.15) is 12.6 Å². The summed E-state index contributed by atoms with van der Waals surface area (Å²) in [4.78, 5) is 49.4. The minimum atomic E-state index is -0.965. The zero-order chi connectivity index (χ0) is 29.6. The molecule has 1 atom stereocenters. The first-order valence-electron chi connectivity index (χ1n) is 13.8. The highest BCUT2D eigenvalue weighted by molar-refractivity contribution is 7.14. The zero-order valence-electron chi connectivity index (χ0n) is 23.1. The summed E-state index contributed by atoms with van der Waals surface area (Å²) in [6.45, 7) is 0.942. The molecule has 0 bridgehead atoms. The fraction of sp³-hybridized carbons (Fsp3) is 0.258. The molecule has 1 spiro atoms. The molecule has 0 unspecified atom stereocenters. The molecule has 2 N–H and O–H groups in total. The van der Waals surface area contributed by atoms with Crippen LogP contribution in [0.15, 0.2) is 84.5 Å². The van der Waals surface area contributed by atoms with Gasteiger partial charge >= 0.3 is 6.09 Å². The van der Waals surface area contributed by atoms with E-state index >= 15 is 0 Å². The first-order chi connectivity index (χ1) is 21.0. The van der Waals surface area contributed by atoms with Crippen molar-refractivity contribution < 1.29 is 28.6 Å². The second-order valence-electron chi connectivity index (χ2n) is 10.1. The minimum absolute atomic E-state index is 0.0348. The minimum Gasteiger partial charge on any atom is -0.444 e. The molecule has 0 aliphatic carbocycles. The van der Waals surface area contributed by atoms with Crippen LogP contribution in [0.25, 0.3) is 11.3 Å². The molecule has 4 aromatic rings. The maximum atomic E-state index is 13.5. The second kappa shape index (κ2) is 12.7. The van der Waals surface area contributed by atoms with Crippen LogP contribution in [0.3, 0.4) is 0 Å². The number of hydrogen-bond donors (Lipinski definition) is 2. The number of hydrogen-bond acceptors (Lipinski definition) is 9. The number of rotatable bonds is 7. The molecule has 220 valence electrons. The fourth-order valence-electron chi connectivity index (χ4n) is 5.10. The predicted octanol–water partition coefficient (Wildman–Crippen LogP) is 4.94. The zero-order valence-corrected chi connectivity index (χ0v) is 23.9. The first-order valence-corrected chi connectivity index (χ1v) is 14.7. The number of nitrogens with one attached hydrogen (secondary N) is 2. The van der Waals surface area contributed by atoms with E-state index in [0.29, 0.717) is 48.1 Å². The lowest BCUT2D eigenvalue weighted by atomic mass is 10.0. The van der Waals surface area contributed by atoms with Crippen LogP contribution in [0.1, 0.15) is 28.8 Å². The first kappa shape index (κ1) is 28.5. The van der Waals surface area contributed by atoms with Crippen LogP contribution < -0.4 is 10.6 Å². The van der Waals surface area contributed by atoms with Crippen molar-refractivity contribution in [2.24, 2.45) is 0 Å². The van der Waals surface area contributed by atoms with E-state index in [1.54, 1.807) is 48.8 Å². The monoisotopic (exact) mass is 599 g/mol. The molecule has 4 heterocycles. The van der Waals surface area contributed by atoms with Crippen LogP contribution in [0, 0.1) is 0 Å². The average Bonchev–Trinajstić information content (AvgIpc) is 3.66. The van der Waals surface area contributed by atoms with E-state index in [2.05, 4.69) is 20.6 Å². The third kappa shape index (κ3) is 6.41. The van der Waals surface area contributed by atoms with Gasteiger partial charge in [-0.2, -0.15) is 0 Å². The Labute approximate surface area is 251 Å². The average molecular weight is 600 g/mol. The normalized spacial score (nSPS) is 17.4. The molecule has 0 radical (unpaired) electrons. The summed E-state index contributed by atoms with van der Waals surface area (Å²) < 4.78 is 17.3. The van der Waals surface area contributed by atoms with Gasteiger partial charge in [0, 0.05) is 35.5 Å². The van der Waals surface area contributed by atoms with Crippen molar-refractivity contribution in [3.05, 3.63) is 95.6 Å². The summed E-state index contributed by atoms with van der Waals surface area (Å²) >= 11 is 1.26. The van der Waals surface area contributed by atoms with Crippen molar-refractivity contribution in [2.75, 3.05) is 30.5 Å². The van der Waals surface area contributed by atoms with E-state index in [1.165, 1.54) is 16.2 Å². The Bertz CT molecular complexity index is 1580. The van der Waals surface area contributed by atoms with Gasteiger partial charge in [-0.3, -0.25) is 19.5 Å². The third-order valence-corrected chi connectivity index (χ3v) is 8.09. The number of thiazole rings is 1. The molecule has 2 aliphatic heterocycles. The van der Waals surface area contributed by atoms with E-state index in [1.807, 2.05) is 35.7 Å². The van der Waals surface area contributed by atoms with E-state index in [9.17, 15) is 14.4 Å². The van der Waals surface area contributed by atoms with E-state index in [0.717, 1.165) is 11.1 Å². The van der Waals surface area contributed by atoms with Crippen LogP contribution in [-0.4, -0.2) is 64.4 Å². The Balaban J connectivity index is 1.12. The predicted molar refractivity (Wildman–Crippen MR) is 159 cm³/mol. The number of benzene rings is 2. The second-order valence-corrected chi connectivity index (χ2v) is 11.0. The fourth-order valence-corrected chi connectivity index (χ4v) is 5.82. The number of carbonyl (C=O) groups excluding carboxylic acids is 3. The molecule has 0 saturated carbocycles. The summed E-state index contributed by atoms with van der Waals surface area (Å²) in [5.74, 6) is -0.665. The van der Waals surface area contributed by atoms with Crippen molar-refractivity contribution in [3.63, 3.8) is 0 Å². The van der Waals surface area contributed by atoms with Crippen LogP contribution in [-0.2, 0) is 25.6 Å². The van der Waals surface area contributed by atoms with Gasteiger partial charge in [-0.25, -0.2) is 9.78 Å². The van der Waals surface area contributed by atoms with Gasteiger partial charge in [0.05, 0.1) is 37.4 Å². The Hall–Kier alpha value is -4.65. The Morgan fingerprint density at radius 3 is 2.53 bits per heavy atom. The Morgan fingerprint density at radius 2 is 1.79 bits per heavy atom. The Kier molecular flexibility index (Phi) is 8.40. The highest BCUT2D eigenvalue weighted by Gasteiger charge is 2.54. The Morgan fingerprint density at radius 1 is 1.00 bits per heavy atom. The maximum absolute atomic E-state index is 13.5. The number of anilines is 2. The van der Waals surface area contributed by atoms with E-state index < -0.39 is 23.8 Å². The SMILES string of the molecule is O=C(Nc1cccnc1)c1ccc(-c2csc(NC(=O)[C@@H]3COC4(CCOCC4)N3C(=O)OCc3ccccc3)n2)cc1. The number of nitrogens with zero attached hydrogens (tertiary/aromatic N) is 3. The molecule has 43 heavy (non-hydrogen) atoms. The highest BCUT2D eigenvalue weighted by atomic mass is 32.1. The van der Waals surface area contributed by atoms with Crippen LogP contribution >= 0.6 is 11.3 Å². The lowest BCUT2D eigenvalue weighted by Gasteiger charge is -2.40. The van der Waals surface area contributed by atoms with Gasteiger partial charge in [-0.05, 0) is 29.8 Å². The standard InChI is InChI=1S/C31H29N5O6S/c37-27(33-24-7-4-14-32-17-24)23-10-8-22(9-11-23)25-20-43-29(34-25)35-28(38)26-19-42-31(12-15-40-16-13-31)36(26)30(39)41-18-21-5-2-1-3-6-21/h1-11,14,17,20,26H,12-13,15-16,18-19H2,(H,33,37)(H,34,35,38)/t26-/m0/s1. The molecule has 2 fully saturated rings. The number of ether oxygens (including phenoxy) is 3. The third-order valence-electron chi connectivity index (χ3n) is 7.34. The van der Waals surface area contributed by atoms with Crippen LogP contribution in [0.2, 0.25) is 0 Å². The van der Waals surface area contributed by atoms with Crippen molar-refractivity contribution in [3.8, 4) is 11.3 Å². The van der Waals surface area contributed by atoms with Gasteiger partial charge in [0.2, 0.25) is 0 Å². The molecule has 11 nitrogen and oxygen atoms in total. The smallest absolute Gasteiger partial charge is 0.413 e. The van der Waals surface area contributed by atoms with E-state index in [4.69, 9.17) is 14.2 Å². The van der Waals surface area contributed by atoms with Gasteiger partial charge in [-0.1, -0.05) is 42.5 Å². The molecule has 3 amide bonds. The molecular formula is C31H29N5O6S. The summed E-state index contributed by atoms with van der Waals surface area (Å²) in [5, 5.41) is 7.85. The quantitative estimate of drug-likeness (QED) is 0.305. The topological polar surface area (TPSA) is 132 Å². The van der Waals surface area contributed by atoms with Gasteiger partial charge in [0.15, 0.2) is 10.9 Å². The van der Waals surface area contributed by atoms with Gasteiger partial charge in [-0.15, -0.1) is 11.3 Å². The lowest BCUT2D eigenvalue weighted by molar-refractivity contribution is -0.140. The van der Waals surface area contributed by atoms with Crippen LogP contribution in [0.4, 0.5) is 15.6 Å². The number of amides is 3. The van der Waals surface area contributed by atoms with Gasteiger partial charge in [0.25, 0.3) is 11.8 Å². The number of aromatic nitrogens is 2. The summed E-state index contributed by atoms with van der Waals surface area (Å²) in [6, 6.07) is 19.0. The van der Waals surface area contributed by atoms with Crippen molar-refractivity contribution in [1.29, 1.82) is 0 Å². The van der Waals surface area contributed by atoms with Crippen molar-refractivity contribution in [1.82, 2.24) is 14.9 Å². The van der Waals surface area contributed by atoms with Crippen molar-refractivity contribution in [2.45, 2.75) is 31.2 Å². The molecule has 2 aliphatic rings. The summed E-state index contributed by atoms with van der Waals surface area (Å²) in [5.41, 5.74) is 2.39. The molecule has 2 aromatic carbocycles. The molecular weight excluding hydrogens is 570 g/mol. The molecule has 6 rings (SSSR count). The van der Waals surface area contributed by atoms with Crippen LogP contribution in [0.5, 0.6) is 0 Å². The summed E-state index contributed by atoms with van der Waals surface area (Å²) in [6.07, 6.45) is 3.47. The largest absolute Gasteiger partial charge is 0.444 e. The lowest BCUT2D eigenvalue weighted by Crippen LogP contribution is -2.56. The number of carbonyl (C=O) groups is 3.